The number of methoxy groups -OCH3 is 2. The number of rotatable bonds is 4. The van der Waals surface area contributed by atoms with E-state index in [4.69, 9.17) is 9.47 Å². The van der Waals surface area contributed by atoms with Gasteiger partial charge in [0.2, 0.25) is 0 Å². The third-order valence-electron chi connectivity index (χ3n) is 5.71. The normalized spacial score (nSPS) is 11.1. The summed E-state index contributed by atoms with van der Waals surface area (Å²) in [5.41, 5.74) is 4.74. The maximum absolute atomic E-state index is 6.00. The summed E-state index contributed by atoms with van der Waals surface area (Å²) < 4.78 is 13.1. The Labute approximate surface area is 195 Å². The van der Waals surface area contributed by atoms with E-state index in [0.717, 1.165) is 36.6 Å². The molecule has 0 aromatic heterocycles. The highest BCUT2D eigenvalue weighted by Gasteiger charge is 2.22. The second-order valence-electron chi connectivity index (χ2n) is 7.38. The molecule has 0 heterocycles. The Morgan fingerprint density at radius 1 is 0.581 bits per heavy atom. The molecule has 5 aromatic carbocycles. The van der Waals surface area contributed by atoms with Gasteiger partial charge in [-0.1, -0.05) is 84.9 Å². The predicted molar refractivity (Wildman–Crippen MR) is 138 cm³/mol. The topological polar surface area (TPSA) is 18.5 Å². The Morgan fingerprint density at radius 2 is 1.10 bits per heavy atom. The molecule has 0 saturated carbocycles. The molecule has 5 rings (SSSR count). The van der Waals surface area contributed by atoms with Crippen LogP contribution in [-0.2, 0) is 0 Å². The van der Waals surface area contributed by atoms with Crippen LogP contribution in [0.25, 0.3) is 43.8 Å². The summed E-state index contributed by atoms with van der Waals surface area (Å²) in [6, 6.07) is 31.6. The van der Waals surface area contributed by atoms with Crippen LogP contribution in [0.5, 0.6) is 11.5 Å². The van der Waals surface area contributed by atoms with Crippen LogP contribution in [0.15, 0.2) is 91.0 Å². The summed E-state index contributed by atoms with van der Waals surface area (Å²) in [5, 5.41) is 4.24. The van der Waals surface area contributed by atoms with Crippen molar-refractivity contribution in [2.24, 2.45) is 0 Å². The summed E-state index contributed by atoms with van der Waals surface area (Å²) in [6.45, 7) is 0. The summed E-state index contributed by atoms with van der Waals surface area (Å²) in [7, 11) is 3.49. The van der Waals surface area contributed by atoms with Crippen LogP contribution in [-0.4, -0.2) is 14.2 Å². The quantitative estimate of drug-likeness (QED) is 0.178. The van der Waals surface area contributed by atoms with Crippen LogP contribution in [0.2, 0.25) is 0 Å². The Morgan fingerprint density at radius 3 is 1.68 bits per heavy atom. The van der Waals surface area contributed by atoms with E-state index in [1.165, 1.54) is 22.3 Å². The lowest BCUT2D eigenvalue weighted by Gasteiger charge is -2.21. The highest BCUT2D eigenvalue weighted by Crippen LogP contribution is 2.49. The van der Waals surface area contributed by atoms with Crippen molar-refractivity contribution >= 4 is 44.1 Å². The fourth-order valence-electron chi connectivity index (χ4n) is 4.37. The zero-order valence-electron chi connectivity index (χ0n) is 17.4. The van der Waals surface area contributed by atoms with E-state index in [2.05, 4.69) is 101 Å². The maximum atomic E-state index is 6.00. The van der Waals surface area contributed by atoms with Crippen LogP contribution in [0.4, 0.5) is 0 Å². The van der Waals surface area contributed by atoms with Gasteiger partial charge in [-0.15, -0.1) is 0 Å². The Bertz CT molecular complexity index is 1390. The first-order chi connectivity index (χ1) is 15.2. The molecule has 0 atom stereocenters. The molecule has 0 fully saturated rings. The number of benzene rings is 5. The first-order valence-corrected chi connectivity index (χ1v) is 11.2. The molecule has 0 amide bonds. The van der Waals surface area contributed by atoms with Gasteiger partial charge in [-0.05, 0) is 45.3 Å². The van der Waals surface area contributed by atoms with Crippen molar-refractivity contribution in [3.63, 3.8) is 0 Å². The van der Waals surface area contributed by atoms with Gasteiger partial charge in [0.25, 0.3) is 0 Å². The molecule has 3 heteroatoms. The third-order valence-corrected chi connectivity index (χ3v) is 6.79. The molecule has 0 spiro atoms. The number of ether oxygens (including phenoxy) is 2. The van der Waals surface area contributed by atoms with E-state index < -0.39 is 0 Å². The van der Waals surface area contributed by atoms with E-state index in [-0.39, 0.29) is 0 Å². The molecule has 0 N–H and O–H groups in total. The van der Waals surface area contributed by atoms with Crippen molar-refractivity contribution in [1.29, 1.82) is 0 Å². The molecule has 0 aliphatic carbocycles. The monoisotopic (exact) mass is 516 g/mol. The summed E-state index contributed by atoms with van der Waals surface area (Å²) in [6.07, 6.45) is 0. The van der Waals surface area contributed by atoms with Crippen molar-refractivity contribution in [2.45, 2.75) is 0 Å². The Hall–Kier alpha value is -3.05. The second-order valence-corrected chi connectivity index (χ2v) is 8.46. The van der Waals surface area contributed by atoms with Crippen LogP contribution in [0.1, 0.15) is 0 Å². The SMILES string of the molecule is COc1c2ccccc2c(OC)c2c(I)c(-c3ccccc3)c(-c3ccccc3)cc12. The minimum atomic E-state index is 0.876. The first-order valence-electron chi connectivity index (χ1n) is 10.1. The lowest BCUT2D eigenvalue weighted by Crippen LogP contribution is -1.98. The summed E-state index contributed by atoms with van der Waals surface area (Å²) in [4.78, 5) is 0. The van der Waals surface area contributed by atoms with Crippen LogP contribution >= 0.6 is 22.6 Å². The zero-order valence-corrected chi connectivity index (χ0v) is 19.5. The van der Waals surface area contributed by atoms with Crippen LogP contribution in [0.3, 0.4) is 0 Å². The summed E-state index contributed by atoms with van der Waals surface area (Å²) in [5.74, 6) is 1.76. The molecule has 0 saturated heterocycles. The number of halogens is 1. The lowest BCUT2D eigenvalue weighted by molar-refractivity contribution is 0.417. The van der Waals surface area contributed by atoms with Gasteiger partial charge in [-0.2, -0.15) is 0 Å². The molecule has 31 heavy (non-hydrogen) atoms. The fraction of sp³-hybridized carbons (Fsp3) is 0.0714. The van der Waals surface area contributed by atoms with Gasteiger partial charge in [0, 0.05) is 30.7 Å². The van der Waals surface area contributed by atoms with Crippen LogP contribution < -0.4 is 9.47 Å². The zero-order chi connectivity index (χ0) is 21.4. The Balaban J connectivity index is 2.03. The van der Waals surface area contributed by atoms with Crippen molar-refractivity contribution in [3.05, 3.63) is 94.6 Å². The van der Waals surface area contributed by atoms with E-state index in [0.29, 0.717) is 0 Å². The van der Waals surface area contributed by atoms with Crippen molar-refractivity contribution < 1.29 is 9.47 Å². The molecule has 152 valence electrons. The molecule has 0 aliphatic rings. The van der Waals surface area contributed by atoms with Gasteiger partial charge in [-0.3, -0.25) is 0 Å². The molecule has 0 aliphatic heterocycles. The molecular weight excluding hydrogens is 495 g/mol. The van der Waals surface area contributed by atoms with Crippen LogP contribution in [0, 0.1) is 3.57 Å². The smallest absolute Gasteiger partial charge is 0.135 e. The molecule has 2 nitrogen and oxygen atoms in total. The van der Waals surface area contributed by atoms with Gasteiger partial charge in [0.15, 0.2) is 0 Å². The van der Waals surface area contributed by atoms with E-state index in [9.17, 15) is 0 Å². The molecular formula is C28H21IO2. The average Bonchev–Trinajstić information content (AvgIpc) is 2.83. The highest BCUT2D eigenvalue weighted by atomic mass is 127. The molecule has 0 unspecified atom stereocenters. The minimum absolute atomic E-state index is 0.876. The number of hydrogen-bond acceptors (Lipinski definition) is 2. The molecule has 0 bridgehead atoms. The lowest BCUT2D eigenvalue weighted by atomic mass is 9.89. The average molecular weight is 516 g/mol. The van der Waals surface area contributed by atoms with E-state index in [1.807, 2.05) is 12.1 Å². The summed E-state index contributed by atoms with van der Waals surface area (Å²) >= 11 is 2.47. The highest BCUT2D eigenvalue weighted by molar-refractivity contribution is 14.1. The van der Waals surface area contributed by atoms with E-state index >= 15 is 0 Å². The van der Waals surface area contributed by atoms with E-state index in [1.54, 1.807) is 14.2 Å². The minimum Gasteiger partial charge on any atom is -0.495 e. The molecule has 0 radical (unpaired) electrons. The molecule has 5 aromatic rings. The van der Waals surface area contributed by atoms with Gasteiger partial charge >= 0.3 is 0 Å². The number of hydrogen-bond donors (Lipinski definition) is 0. The second kappa shape index (κ2) is 8.23. The Kier molecular flexibility index (Phi) is 5.28. The first kappa shape index (κ1) is 19.9. The fourth-order valence-corrected chi connectivity index (χ4v) is 5.51. The van der Waals surface area contributed by atoms with Crippen molar-refractivity contribution in [1.82, 2.24) is 0 Å². The largest absolute Gasteiger partial charge is 0.495 e. The van der Waals surface area contributed by atoms with Crippen molar-refractivity contribution in [2.75, 3.05) is 14.2 Å². The van der Waals surface area contributed by atoms with Gasteiger partial charge < -0.3 is 9.47 Å². The van der Waals surface area contributed by atoms with Gasteiger partial charge in [-0.25, -0.2) is 0 Å². The van der Waals surface area contributed by atoms with Gasteiger partial charge in [0.1, 0.15) is 11.5 Å². The van der Waals surface area contributed by atoms with Gasteiger partial charge in [0.05, 0.1) is 14.2 Å². The third kappa shape index (κ3) is 3.24. The van der Waals surface area contributed by atoms with Crippen molar-refractivity contribution in [3.8, 4) is 33.8 Å². The predicted octanol–water partition coefficient (Wildman–Crippen LogP) is 7.95. The number of fused-ring (bicyclic) bond motifs is 2. The standard InChI is InChI=1S/C28H21IO2/c1-30-27-20-15-9-10-16-21(20)28(31-2)25-23(27)17-22(18-11-5-3-6-12-18)24(26(25)29)19-13-7-4-8-14-19/h3-17H,1-2H3. The maximum Gasteiger partial charge on any atom is 0.135 e.